The number of amides is 2. The summed E-state index contributed by atoms with van der Waals surface area (Å²) in [6.45, 7) is 7.61. The van der Waals surface area contributed by atoms with Gasteiger partial charge < -0.3 is 15.4 Å². The zero-order valence-corrected chi connectivity index (χ0v) is 15.1. The average Bonchev–Trinajstić information content (AvgIpc) is 2.52. The maximum Gasteiger partial charge on any atom is 0.262 e. The maximum atomic E-state index is 12.2. The minimum atomic E-state index is -0.321. The molecule has 0 heterocycles. The second-order valence-corrected chi connectivity index (χ2v) is 6.94. The molecule has 5 heteroatoms. The Labute approximate surface area is 148 Å². The van der Waals surface area contributed by atoms with Crippen LogP contribution in [0.25, 0.3) is 0 Å². The Morgan fingerprint density at radius 2 is 1.76 bits per heavy atom. The van der Waals surface area contributed by atoms with Crippen LogP contribution in [0.15, 0.2) is 48.5 Å². The van der Waals surface area contributed by atoms with Crippen molar-refractivity contribution in [3.63, 3.8) is 0 Å². The number of hydrogen-bond acceptors (Lipinski definition) is 3. The third-order valence-electron chi connectivity index (χ3n) is 3.26. The molecule has 2 aromatic rings. The highest BCUT2D eigenvalue weighted by atomic mass is 16.5. The Morgan fingerprint density at radius 3 is 2.44 bits per heavy atom. The van der Waals surface area contributed by atoms with E-state index in [0.29, 0.717) is 17.0 Å². The number of ether oxygens (including phenoxy) is 1. The van der Waals surface area contributed by atoms with Crippen molar-refractivity contribution in [1.29, 1.82) is 0 Å². The van der Waals surface area contributed by atoms with E-state index in [9.17, 15) is 9.59 Å². The summed E-state index contributed by atoms with van der Waals surface area (Å²) in [5.41, 5.74) is 1.79. The number of benzene rings is 2. The third-order valence-corrected chi connectivity index (χ3v) is 3.26. The first kappa shape index (κ1) is 18.5. The van der Waals surface area contributed by atoms with E-state index < -0.39 is 0 Å². The van der Waals surface area contributed by atoms with Gasteiger partial charge in [0.1, 0.15) is 5.75 Å². The van der Waals surface area contributed by atoms with Crippen molar-refractivity contribution in [3.05, 3.63) is 59.7 Å². The van der Waals surface area contributed by atoms with E-state index in [1.807, 2.05) is 45.9 Å². The van der Waals surface area contributed by atoms with E-state index in [1.54, 1.807) is 30.3 Å². The molecule has 2 rings (SSSR count). The van der Waals surface area contributed by atoms with Crippen LogP contribution in [0.2, 0.25) is 0 Å². The lowest BCUT2D eigenvalue weighted by atomic mass is 10.1. The molecular weight excluding hydrogens is 316 g/mol. The van der Waals surface area contributed by atoms with Crippen LogP contribution in [-0.2, 0) is 4.79 Å². The van der Waals surface area contributed by atoms with E-state index in [1.165, 1.54) is 0 Å². The molecule has 25 heavy (non-hydrogen) atoms. The predicted molar refractivity (Wildman–Crippen MR) is 99.0 cm³/mol. The fraction of sp³-hybridized carbons (Fsp3) is 0.300. The predicted octanol–water partition coefficient (Wildman–Crippen LogP) is 3.54. The number of carbonyl (C=O) groups is 2. The molecule has 0 atom stereocenters. The summed E-state index contributed by atoms with van der Waals surface area (Å²) >= 11 is 0. The number of aryl methyl sites for hydroxylation is 1. The van der Waals surface area contributed by atoms with Crippen molar-refractivity contribution >= 4 is 17.5 Å². The Bertz CT molecular complexity index is 764. The molecule has 2 amide bonds. The summed E-state index contributed by atoms with van der Waals surface area (Å²) in [5, 5.41) is 5.63. The Morgan fingerprint density at radius 1 is 1.04 bits per heavy atom. The zero-order valence-electron chi connectivity index (χ0n) is 15.1. The molecule has 0 unspecified atom stereocenters. The van der Waals surface area contributed by atoms with Crippen LogP contribution in [0.1, 0.15) is 36.7 Å². The number of anilines is 1. The summed E-state index contributed by atoms with van der Waals surface area (Å²) in [6.07, 6.45) is 0. The summed E-state index contributed by atoms with van der Waals surface area (Å²) in [7, 11) is 0. The number of hydrogen-bond donors (Lipinski definition) is 2. The van der Waals surface area contributed by atoms with Gasteiger partial charge in [0.2, 0.25) is 0 Å². The van der Waals surface area contributed by atoms with Gasteiger partial charge >= 0.3 is 0 Å². The van der Waals surface area contributed by atoms with Crippen LogP contribution in [0.4, 0.5) is 5.69 Å². The van der Waals surface area contributed by atoms with Crippen molar-refractivity contribution < 1.29 is 14.3 Å². The van der Waals surface area contributed by atoms with Crippen molar-refractivity contribution in [2.75, 3.05) is 11.9 Å². The fourth-order valence-corrected chi connectivity index (χ4v) is 2.20. The van der Waals surface area contributed by atoms with Crippen LogP contribution in [0.3, 0.4) is 0 Å². The van der Waals surface area contributed by atoms with Gasteiger partial charge in [0.25, 0.3) is 11.8 Å². The van der Waals surface area contributed by atoms with E-state index in [2.05, 4.69) is 10.6 Å². The fourth-order valence-electron chi connectivity index (χ4n) is 2.20. The number of rotatable bonds is 5. The van der Waals surface area contributed by atoms with E-state index >= 15 is 0 Å². The van der Waals surface area contributed by atoms with Gasteiger partial charge in [-0.2, -0.15) is 0 Å². The maximum absolute atomic E-state index is 12.2. The lowest BCUT2D eigenvalue weighted by Crippen LogP contribution is -2.40. The standard InChI is InChI=1S/C20H24N2O3/c1-14-7-5-10-17(11-14)25-13-18(23)21-16-9-6-8-15(12-16)19(24)22-20(2,3)4/h5-12H,13H2,1-4H3,(H,21,23)(H,22,24). The second kappa shape index (κ2) is 7.83. The Kier molecular flexibility index (Phi) is 5.80. The molecule has 5 nitrogen and oxygen atoms in total. The Balaban J connectivity index is 1.94. The van der Waals surface area contributed by atoms with Crippen LogP contribution < -0.4 is 15.4 Å². The van der Waals surface area contributed by atoms with Gasteiger partial charge in [-0.15, -0.1) is 0 Å². The van der Waals surface area contributed by atoms with Crippen molar-refractivity contribution in [2.24, 2.45) is 0 Å². The van der Waals surface area contributed by atoms with Gasteiger partial charge in [0.05, 0.1) is 0 Å². The quantitative estimate of drug-likeness (QED) is 0.875. The SMILES string of the molecule is Cc1cccc(OCC(=O)Nc2cccc(C(=O)NC(C)(C)C)c2)c1. The summed E-state index contributed by atoms with van der Waals surface area (Å²) in [6, 6.07) is 14.3. The van der Waals surface area contributed by atoms with E-state index in [0.717, 1.165) is 5.56 Å². The molecule has 0 fully saturated rings. The number of carbonyl (C=O) groups excluding carboxylic acids is 2. The van der Waals surface area contributed by atoms with Crippen LogP contribution >= 0.6 is 0 Å². The lowest BCUT2D eigenvalue weighted by Gasteiger charge is -2.20. The molecule has 132 valence electrons. The van der Waals surface area contributed by atoms with Crippen molar-refractivity contribution in [3.8, 4) is 5.75 Å². The zero-order chi connectivity index (χ0) is 18.4. The summed E-state index contributed by atoms with van der Waals surface area (Å²) in [5.74, 6) is 0.183. The van der Waals surface area contributed by atoms with Crippen LogP contribution in [0, 0.1) is 6.92 Å². The molecule has 0 spiro atoms. The van der Waals surface area contributed by atoms with Gasteiger partial charge in [-0.3, -0.25) is 9.59 Å². The molecular formula is C20H24N2O3. The monoisotopic (exact) mass is 340 g/mol. The minimum Gasteiger partial charge on any atom is -0.484 e. The first-order valence-electron chi connectivity index (χ1n) is 8.15. The van der Waals surface area contributed by atoms with Gasteiger partial charge in [0, 0.05) is 16.8 Å². The highest BCUT2D eigenvalue weighted by molar-refractivity contribution is 5.97. The molecule has 0 saturated carbocycles. The topological polar surface area (TPSA) is 67.4 Å². The van der Waals surface area contributed by atoms with Gasteiger partial charge in [-0.1, -0.05) is 18.2 Å². The molecule has 0 aliphatic carbocycles. The summed E-state index contributed by atoms with van der Waals surface area (Å²) < 4.78 is 5.47. The van der Waals surface area contributed by atoms with Gasteiger partial charge in [0.15, 0.2) is 6.61 Å². The normalized spacial score (nSPS) is 10.9. The molecule has 0 saturated heterocycles. The smallest absolute Gasteiger partial charge is 0.262 e. The van der Waals surface area contributed by atoms with Crippen LogP contribution in [0.5, 0.6) is 5.75 Å². The van der Waals surface area contributed by atoms with Crippen LogP contribution in [-0.4, -0.2) is 24.0 Å². The van der Waals surface area contributed by atoms with E-state index in [4.69, 9.17) is 4.74 Å². The average molecular weight is 340 g/mol. The Hall–Kier alpha value is -2.82. The molecule has 0 aliphatic heterocycles. The second-order valence-electron chi connectivity index (χ2n) is 6.94. The molecule has 0 radical (unpaired) electrons. The first-order valence-corrected chi connectivity index (χ1v) is 8.15. The first-order chi connectivity index (χ1) is 11.7. The lowest BCUT2D eigenvalue weighted by molar-refractivity contribution is -0.118. The molecule has 0 bridgehead atoms. The highest BCUT2D eigenvalue weighted by Crippen LogP contribution is 2.14. The van der Waals surface area contributed by atoms with Gasteiger partial charge in [-0.05, 0) is 63.6 Å². The number of nitrogens with one attached hydrogen (secondary N) is 2. The van der Waals surface area contributed by atoms with Gasteiger partial charge in [-0.25, -0.2) is 0 Å². The summed E-state index contributed by atoms with van der Waals surface area (Å²) in [4.78, 5) is 24.2. The molecule has 0 aliphatic rings. The minimum absolute atomic E-state index is 0.0954. The third kappa shape index (κ3) is 6.30. The molecule has 2 N–H and O–H groups in total. The molecule has 2 aromatic carbocycles. The van der Waals surface area contributed by atoms with E-state index in [-0.39, 0.29) is 24.0 Å². The highest BCUT2D eigenvalue weighted by Gasteiger charge is 2.15. The molecule has 0 aromatic heterocycles. The van der Waals surface area contributed by atoms with Crippen molar-refractivity contribution in [1.82, 2.24) is 5.32 Å². The van der Waals surface area contributed by atoms with Crippen molar-refractivity contribution in [2.45, 2.75) is 33.2 Å². The largest absolute Gasteiger partial charge is 0.484 e.